The smallest absolute Gasteiger partial charge is 0.136 e. The van der Waals surface area contributed by atoms with Crippen LogP contribution in [0.2, 0.25) is 0 Å². The van der Waals surface area contributed by atoms with Gasteiger partial charge in [0.05, 0.1) is 6.61 Å². The van der Waals surface area contributed by atoms with Crippen LogP contribution in [0.1, 0.15) is 31.5 Å². The van der Waals surface area contributed by atoms with Crippen LogP contribution in [0.25, 0.3) is 0 Å². The molecule has 0 saturated carbocycles. The summed E-state index contributed by atoms with van der Waals surface area (Å²) in [4.78, 5) is 10.1. The summed E-state index contributed by atoms with van der Waals surface area (Å²) < 4.78 is 5.78. The molecule has 2 rings (SSSR count). The highest BCUT2D eigenvalue weighted by Gasteiger charge is 2.25. The highest BCUT2D eigenvalue weighted by Crippen LogP contribution is 2.20. The fraction of sp³-hybridized carbons (Fsp3) is 0.750. The van der Waals surface area contributed by atoms with Crippen LogP contribution >= 0.6 is 0 Å². The molecule has 5 heteroatoms. The van der Waals surface area contributed by atoms with Crippen molar-refractivity contribution in [3.8, 4) is 0 Å². The van der Waals surface area contributed by atoms with Gasteiger partial charge in [0.25, 0.3) is 0 Å². The standard InChI is InChI=1S/C12H22N4O/c1-9(2)16-4-5-17-11(8-16)12-14-7-10(15-12)6-13-3/h7,9,11,13H,4-6,8H2,1-3H3,(H,14,15). The van der Waals surface area contributed by atoms with Crippen molar-refractivity contribution in [1.82, 2.24) is 20.2 Å². The molecule has 1 aromatic rings. The summed E-state index contributed by atoms with van der Waals surface area (Å²) in [5.74, 6) is 0.945. The molecule has 1 aromatic heterocycles. The fourth-order valence-corrected chi connectivity index (χ4v) is 2.12. The third-order valence-corrected chi connectivity index (χ3v) is 3.15. The normalized spacial score (nSPS) is 22.2. The lowest BCUT2D eigenvalue weighted by molar-refractivity contribution is -0.0439. The van der Waals surface area contributed by atoms with E-state index in [0.717, 1.165) is 37.8 Å². The number of morpholine rings is 1. The number of hydrogen-bond donors (Lipinski definition) is 2. The van der Waals surface area contributed by atoms with Crippen LogP contribution in [0.4, 0.5) is 0 Å². The molecule has 1 aliphatic rings. The number of nitrogens with zero attached hydrogens (tertiary/aromatic N) is 2. The molecular weight excluding hydrogens is 216 g/mol. The second-order valence-electron chi connectivity index (χ2n) is 4.77. The fourth-order valence-electron chi connectivity index (χ4n) is 2.12. The Morgan fingerprint density at radius 1 is 1.65 bits per heavy atom. The largest absolute Gasteiger partial charge is 0.368 e. The SMILES string of the molecule is CNCc1cnc(C2CN(C(C)C)CCO2)[nH]1. The first-order chi connectivity index (χ1) is 8.20. The predicted molar refractivity (Wildman–Crippen MR) is 66.8 cm³/mol. The summed E-state index contributed by atoms with van der Waals surface area (Å²) in [7, 11) is 1.93. The van der Waals surface area contributed by atoms with Crippen LogP contribution in [-0.4, -0.2) is 47.7 Å². The number of nitrogens with one attached hydrogen (secondary N) is 2. The van der Waals surface area contributed by atoms with Crippen LogP contribution in [0, 0.1) is 0 Å². The molecule has 1 saturated heterocycles. The Hall–Kier alpha value is -0.910. The zero-order valence-electron chi connectivity index (χ0n) is 10.9. The first-order valence-corrected chi connectivity index (χ1v) is 6.24. The van der Waals surface area contributed by atoms with Crippen LogP contribution in [0.5, 0.6) is 0 Å². The van der Waals surface area contributed by atoms with E-state index in [1.54, 1.807) is 0 Å². The summed E-state index contributed by atoms with van der Waals surface area (Å²) in [5.41, 5.74) is 1.10. The molecule has 0 amide bonds. The number of H-pyrrole nitrogens is 1. The molecule has 1 fully saturated rings. The number of rotatable bonds is 4. The van der Waals surface area contributed by atoms with E-state index in [4.69, 9.17) is 4.74 Å². The molecule has 96 valence electrons. The summed E-state index contributed by atoms with van der Waals surface area (Å²) in [6, 6.07) is 0.563. The molecule has 0 radical (unpaired) electrons. The van der Waals surface area contributed by atoms with E-state index in [1.807, 2.05) is 13.2 Å². The van der Waals surface area contributed by atoms with E-state index in [9.17, 15) is 0 Å². The summed E-state index contributed by atoms with van der Waals surface area (Å²) in [6.07, 6.45) is 1.96. The molecule has 0 bridgehead atoms. The van der Waals surface area contributed by atoms with Gasteiger partial charge in [-0.2, -0.15) is 0 Å². The van der Waals surface area contributed by atoms with Gasteiger partial charge in [-0.05, 0) is 20.9 Å². The monoisotopic (exact) mass is 238 g/mol. The molecule has 1 unspecified atom stereocenters. The lowest BCUT2D eigenvalue weighted by Gasteiger charge is -2.34. The minimum Gasteiger partial charge on any atom is -0.368 e. The van der Waals surface area contributed by atoms with Crippen LogP contribution in [-0.2, 0) is 11.3 Å². The Morgan fingerprint density at radius 2 is 2.47 bits per heavy atom. The van der Waals surface area contributed by atoms with Crippen LogP contribution in [0.3, 0.4) is 0 Å². The number of imidazole rings is 1. The second kappa shape index (κ2) is 5.62. The molecule has 5 nitrogen and oxygen atoms in total. The van der Waals surface area contributed by atoms with Crippen LogP contribution in [0.15, 0.2) is 6.20 Å². The van der Waals surface area contributed by atoms with E-state index in [2.05, 4.69) is 34.0 Å². The zero-order chi connectivity index (χ0) is 12.3. The molecule has 0 aliphatic carbocycles. The van der Waals surface area contributed by atoms with E-state index in [0.29, 0.717) is 6.04 Å². The Morgan fingerprint density at radius 3 is 3.18 bits per heavy atom. The average molecular weight is 238 g/mol. The molecular formula is C12H22N4O. The van der Waals surface area contributed by atoms with Gasteiger partial charge in [-0.1, -0.05) is 0 Å². The van der Waals surface area contributed by atoms with Gasteiger partial charge in [-0.3, -0.25) is 4.90 Å². The van der Waals surface area contributed by atoms with Gasteiger partial charge in [0.15, 0.2) is 0 Å². The third-order valence-electron chi connectivity index (χ3n) is 3.15. The Kier molecular flexibility index (Phi) is 4.15. The summed E-state index contributed by atoms with van der Waals surface area (Å²) in [6.45, 7) is 7.97. The van der Waals surface area contributed by atoms with Crippen molar-refractivity contribution < 1.29 is 4.74 Å². The van der Waals surface area contributed by atoms with Gasteiger partial charge < -0.3 is 15.0 Å². The van der Waals surface area contributed by atoms with Gasteiger partial charge in [0, 0.05) is 37.6 Å². The lowest BCUT2D eigenvalue weighted by atomic mass is 10.2. The highest BCUT2D eigenvalue weighted by molar-refractivity contribution is 5.04. The van der Waals surface area contributed by atoms with Crippen molar-refractivity contribution in [3.63, 3.8) is 0 Å². The van der Waals surface area contributed by atoms with Crippen LogP contribution < -0.4 is 5.32 Å². The van der Waals surface area contributed by atoms with E-state index < -0.39 is 0 Å². The topological polar surface area (TPSA) is 53.2 Å². The lowest BCUT2D eigenvalue weighted by Crippen LogP contribution is -2.42. The van der Waals surface area contributed by atoms with Gasteiger partial charge in [0.2, 0.25) is 0 Å². The number of aromatic amines is 1. The quantitative estimate of drug-likeness (QED) is 0.818. The Balaban J connectivity index is 2.00. The maximum absolute atomic E-state index is 5.78. The minimum absolute atomic E-state index is 0.0803. The Bertz CT molecular complexity index is 350. The molecule has 1 aliphatic heterocycles. The number of ether oxygens (including phenoxy) is 1. The first-order valence-electron chi connectivity index (χ1n) is 6.24. The van der Waals surface area contributed by atoms with Crippen molar-refractivity contribution in [3.05, 3.63) is 17.7 Å². The summed E-state index contributed by atoms with van der Waals surface area (Å²) >= 11 is 0. The van der Waals surface area contributed by atoms with Crippen molar-refractivity contribution >= 4 is 0 Å². The minimum atomic E-state index is 0.0803. The first kappa shape index (κ1) is 12.5. The van der Waals surface area contributed by atoms with Crippen molar-refractivity contribution in [2.75, 3.05) is 26.7 Å². The Labute approximate surface area is 103 Å². The number of aromatic nitrogens is 2. The van der Waals surface area contributed by atoms with Gasteiger partial charge in [0.1, 0.15) is 11.9 Å². The van der Waals surface area contributed by atoms with E-state index in [-0.39, 0.29) is 6.10 Å². The van der Waals surface area contributed by atoms with Gasteiger partial charge in [-0.15, -0.1) is 0 Å². The zero-order valence-corrected chi connectivity index (χ0v) is 10.9. The maximum atomic E-state index is 5.78. The molecule has 0 aromatic carbocycles. The molecule has 2 heterocycles. The second-order valence-corrected chi connectivity index (χ2v) is 4.77. The van der Waals surface area contributed by atoms with Crippen molar-refractivity contribution in [2.45, 2.75) is 32.5 Å². The number of hydrogen-bond acceptors (Lipinski definition) is 4. The molecule has 0 spiro atoms. The molecule has 1 atom stereocenters. The molecule has 2 N–H and O–H groups in total. The maximum Gasteiger partial charge on any atom is 0.136 e. The van der Waals surface area contributed by atoms with Crippen molar-refractivity contribution in [2.24, 2.45) is 0 Å². The highest BCUT2D eigenvalue weighted by atomic mass is 16.5. The molecule has 17 heavy (non-hydrogen) atoms. The third kappa shape index (κ3) is 3.06. The predicted octanol–water partition coefficient (Wildman–Crippen LogP) is 0.911. The van der Waals surface area contributed by atoms with E-state index in [1.165, 1.54) is 0 Å². The van der Waals surface area contributed by atoms with E-state index >= 15 is 0 Å². The average Bonchev–Trinajstić information content (AvgIpc) is 2.78. The van der Waals surface area contributed by atoms with Gasteiger partial charge in [-0.25, -0.2) is 4.98 Å². The summed E-state index contributed by atoms with van der Waals surface area (Å²) in [5, 5.41) is 3.10. The van der Waals surface area contributed by atoms with Gasteiger partial charge >= 0.3 is 0 Å². The van der Waals surface area contributed by atoms with Crippen molar-refractivity contribution in [1.29, 1.82) is 0 Å².